The summed E-state index contributed by atoms with van der Waals surface area (Å²) in [5, 5.41) is 0. The molecule has 0 heterocycles. The molecule has 1 aromatic carbocycles. The van der Waals surface area contributed by atoms with Gasteiger partial charge in [-0.15, -0.1) is 0 Å². The second-order valence-corrected chi connectivity index (χ2v) is 5.74. The van der Waals surface area contributed by atoms with Crippen molar-refractivity contribution in [3.05, 3.63) is 35.4 Å². The van der Waals surface area contributed by atoms with Crippen LogP contribution in [0.2, 0.25) is 0 Å². The van der Waals surface area contributed by atoms with Gasteiger partial charge < -0.3 is 4.90 Å². The van der Waals surface area contributed by atoms with E-state index in [0.717, 1.165) is 18.9 Å². The molecule has 1 heteroatoms. The molecule has 0 aromatic heterocycles. The summed E-state index contributed by atoms with van der Waals surface area (Å²) in [6.07, 6.45) is 2.34. The molecular weight excluding hydrogens is 206 g/mol. The molecule has 0 saturated carbocycles. The van der Waals surface area contributed by atoms with Crippen LogP contribution in [-0.2, 0) is 12.8 Å². The fourth-order valence-corrected chi connectivity index (χ4v) is 1.88. The SMILES string of the molecule is CC(C)Cc1ccc(CCN(C)C(C)C)cc1. The Balaban J connectivity index is 2.45. The number of benzene rings is 1. The highest BCUT2D eigenvalue weighted by Crippen LogP contribution is 2.10. The molecule has 1 nitrogen and oxygen atoms in total. The van der Waals surface area contributed by atoms with Crippen molar-refractivity contribution in [2.45, 2.75) is 46.6 Å². The average molecular weight is 233 g/mol. The largest absolute Gasteiger partial charge is 0.304 e. The average Bonchev–Trinajstić information content (AvgIpc) is 2.26. The second-order valence-electron chi connectivity index (χ2n) is 5.74. The molecular formula is C16H27N. The molecule has 0 bridgehead atoms. The normalized spacial score (nSPS) is 11.8. The number of hydrogen-bond acceptors (Lipinski definition) is 1. The lowest BCUT2D eigenvalue weighted by molar-refractivity contribution is 0.277. The summed E-state index contributed by atoms with van der Waals surface area (Å²) >= 11 is 0. The van der Waals surface area contributed by atoms with Gasteiger partial charge in [-0.05, 0) is 50.8 Å². The molecule has 96 valence electrons. The zero-order valence-electron chi connectivity index (χ0n) is 12.0. The molecule has 0 fully saturated rings. The third kappa shape index (κ3) is 5.36. The molecule has 1 rings (SSSR count). The Morgan fingerprint density at radius 1 is 0.941 bits per heavy atom. The van der Waals surface area contributed by atoms with E-state index in [1.54, 1.807) is 0 Å². The zero-order valence-corrected chi connectivity index (χ0v) is 12.0. The molecule has 0 aliphatic carbocycles. The highest BCUT2D eigenvalue weighted by atomic mass is 15.1. The van der Waals surface area contributed by atoms with E-state index in [-0.39, 0.29) is 0 Å². The fraction of sp³-hybridized carbons (Fsp3) is 0.625. The van der Waals surface area contributed by atoms with E-state index in [0.29, 0.717) is 6.04 Å². The van der Waals surface area contributed by atoms with Crippen LogP contribution in [0.3, 0.4) is 0 Å². The lowest BCUT2D eigenvalue weighted by Crippen LogP contribution is -2.28. The van der Waals surface area contributed by atoms with Crippen molar-refractivity contribution in [3.63, 3.8) is 0 Å². The first-order valence-electron chi connectivity index (χ1n) is 6.77. The number of likely N-dealkylation sites (N-methyl/N-ethyl adjacent to an activating group) is 1. The monoisotopic (exact) mass is 233 g/mol. The van der Waals surface area contributed by atoms with Gasteiger partial charge in [0.15, 0.2) is 0 Å². The summed E-state index contributed by atoms with van der Waals surface area (Å²) in [5.41, 5.74) is 2.91. The van der Waals surface area contributed by atoms with Crippen molar-refractivity contribution < 1.29 is 0 Å². The maximum absolute atomic E-state index is 2.39. The van der Waals surface area contributed by atoms with Gasteiger partial charge in [0, 0.05) is 12.6 Å². The number of rotatable bonds is 6. The van der Waals surface area contributed by atoms with E-state index in [1.165, 1.54) is 17.5 Å². The number of hydrogen-bond donors (Lipinski definition) is 0. The highest BCUT2D eigenvalue weighted by Gasteiger charge is 2.03. The summed E-state index contributed by atoms with van der Waals surface area (Å²) in [4.78, 5) is 2.39. The van der Waals surface area contributed by atoms with Crippen LogP contribution in [0, 0.1) is 5.92 Å². The molecule has 0 amide bonds. The van der Waals surface area contributed by atoms with Crippen molar-refractivity contribution in [1.82, 2.24) is 4.90 Å². The van der Waals surface area contributed by atoms with Crippen molar-refractivity contribution in [2.24, 2.45) is 5.92 Å². The molecule has 17 heavy (non-hydrogen) atoms. The molecule has 0 atom stereocenters. The maximum Gasteiger partial charge on any atom is 0.00356 e. The standard InChI is InChI=1S/C16H27N/c1-13(2)12-16-8-6-15(7-9-16)10-11-17(5)14(3)4/h6-9,13-14H,10-12H2,1-5H3. The Hall–Kier alpha value is -0.820. The Morgan fingerprint density at radius 2 is 1.47 bits per heavy atom. The molecule has 0 unspecified atom stereocenters. The molecule has 0 aliphatic heterocycles. The van der Waals surface area contributed by atoms with E-state index in [1.807, 2.05) is 0 Å². The van der Waals surface area contributed by atoms with Crippen LogP contribution in [0.4, 0.5) is 0 Å². The molecule has 0 spiro atoms. The van der Waals surface area contributed by atoms with Gasteiger partial charge in [0.05, 0.1) is 0 Å². The molecule has 1 aromatic rings. The molecule has 0 N–H and O–H groups in total. The summed E-state index contributed by atoms with van der Waals surface area (Å²) in [6.45, 7) is 10.2. The van der Waals surface area contributed by atoms with Crippen molar-refractivity contribution in [1.29, 1.82) is 0 Å². The van der Waals surface area contributed by atoms with Crippen LogP contribution in [0.15, 0.2) is 24.3 Å². The van der Waals surface area contributed by atoms with Crippen LogP contribution < -0.4 is 0 Å². The van der Waals surface area contributed by atoms with Gasteiger partial charge in [-0.3, -0.25) is 0 Å². The first-order valence-corrected chi connectivity index (χ1v) is 6.77. The minimum atomic E-state index is 0.634. The predicted molar refractivity (Wildman–Crippen MR) is 76.5 cm³/mol. The smallest absolute Gasteiger partial charge is 0.00356 e. The lowest BCUT2D eigenvalue weighted by atomic mass is 10.0. The van der Waals surface area contributed by atoms with Crippen molar-refractivity contribution in [3.8, 4) is 0 Å². The maximum atomic E-state index is 2.39. The van der Waals surface area contributed by atoms with Gasteiger partial charge in [-0.2, -0.15) is 0 Å². The van der Waals surface area contributed by atoms with Crippen molar-refractivity contribution in [2.75, 3.05) is 13.6 Å². The molecule has 0 aliphatic rings. The van der Waals surface area contributed by atoms with E-state index in [2.05, 4.69) is 63.9 Å². The third-order valence-electron chi connectivity index (χ3n) is 3.30. The van der Waals surface area contributed by atoms with Crippen LogP contribution >= 0.6 is 0 Å². The second kappa shape index (κ2) is 6.80. The lowest BCUT2D eigenvalue weighted by Gasteiger charge is -2.20. The summed E-state index contributed by atoms with van der Waals surface area (Å²) < 4.78 is 0. The Kier molecular flexibility index (Phi) is 5.70. The Labute approximate surface area is 107 Å². The minimum Gasteiger partial charge on any atom is -0.304 e. The van der Waals surface area contributed by atoms with E-state index in [9.17, 15) is 0 Å². The Morgan fingerprint density at radius 3 is 1.94 bits per heavy atom. The molecule has 0 saturated heterocycles. The summed E-state index contributed by atoms with van der Waals surface area (Å²) in [6, 6.07) is 9.77. The zero-order chi connectivity index (χ0) is 12.8. The van der Waals surface area contributed by atoms with E-state index in [4.69, 9.17) is 0 Å². The van der Waals surface area contributed by atoms with Gasteiger partial charge in [0.2, 0.25) is 0 Å². The van der Waals surface area contributed by atoms with Crippen LogP contribution in [-0.4, -0.2) is 24.5 Å². The molecule has 0 radical (unpaired) electrons. The minimum absolute atomic E-state index is 0.634. The Bertz CT molecular complexity index is 311. The van der Waals surface area contributed by atoms with Gasteiger partial charge in [-0.25, -0.2) is 0 Å². The number of nitrogens with zero attached hydrogens (tertiary/aromatic N) is 1. The predicted octanol–water partition coefficient (Wildman–Crippen LogP) is 3.77. The highest BCUT2D eigenvalue weighted by molar-refractivity contribution is 5.23. The fourth-order valence-electron chi connectivity index (χ4n) is 1.88. The van der Waals surface area contributed by atoms with Crippen molar-refractivity contribution >= 4 is 0 Å². The topological polar surface area (TPSA) is 3.24 Å². The third-order valence-corrected chi connectivity index (χ3v) is 3.30. The van der Waals surface area contributed by atoms with Crippen LogP contribution in [0.5, 0.6) is 0 Å². The van der Waals surface area contributed by atoms with Gasteiger partial charge in [0.1, 0.15) is 0 Å². The van der Waals surface area contributed by atoms with Crippen LogP contribution in [0.25, 0.3) is 0 Å². The first-order chi connectivity index (χ1) is 7.99. The van der Waals surface area contributed by atoms with Crippen LogP contribution in [0.1, 0.15) is 38.8 Å². The van der Waals surface area contributed by atoms with E-state index < -0.39 is 0 Å². The summed E-state index contributed by atoms with van der Waals surface area (Å²) in [7, 11) is 2.19. The first kappa shape index (κ1) is 14.2. The van der Waals surface area contributed by atoms with E-state index >= 15 is 0 Å². The quantitative estimate of drug-likeness (QED) is 0.723. The van der Waals surface area contributed by atoms with Gasteiger partial charge >= 0.3 is 0 Å². The van der Waals surface area contributed by atoms with Gasteiger partial charge in [-0.1, -0.05) is 38.1 Å². The summed E-state index contributed by atoms with van der Waals surface area (Å²) in [5.74, 6) is 0.743. The van der Waals surface area contributed by atoms with Gasteiger partial charge in [0.25, 0.3) is 0 Å².